The Labute approximate surface area is 126 Å². The Kier molecular flexibility index (Phi) is 3.58. The van der Waals surface area contributed by atoms with Gasteiger partial charge >= 0.3 is 0 Å². The molecular formula is C18H24O3. The third-order valence-electron chi connectivity index (χ3n) is 5.76. The van der Waals surface area contributed by atoms with Crippen molar-refractivity contribution in [2.24, 2.45) is 23.2 Å². The van der Waals surface area contributed by atoms with Crippen molar-refractivity contribution >= 4 is 0 Å². The molecule has 2 aliphatic rings. The fraction of sp³-hybridized carbons (Fsp3) is 0.556. The first-order chi connectivity index (χ1) is 9.99. The van der Waals surface area contributed by atoms with Gasteiger partial charge in [0.2, 0.25) is 0 Å². The lowest BCUT2D eigenvalue weighted by atomic mass is 9.56. The minimum absolute atomic E-state index is 0.00373. The van der Waals surface area contributed by atoms with Gasteiger partial charge in [-0.15, -0.1) is 0 Å². The number of allylic oxidation sites excluding steroid dienone is 1. The van der Waals surface area contributed by atoms with Crippen LogP contribution in [0.5, 0.6) is 5.75 Å². The normalized spacial score (nSPS) is 39.0. The van der Waals surface area contributed by atoms with E-state index in [-0.39, 0.29) is 29.8 Å². The number of fused-ring (bicyclic) bond motifs is 2. The van der Waals surface area contributed by atoms with Crippen LogP contribution in [0.4, 0.5) is 0 Å². The molecule has 3 nitrogen and oxygen atoms in total. The Morgan fingerprint density at radius 1 is 1.24 bits per heavy atom. The summed E-state index contributed by atoms with van der Waals surface area (Å²) in [7, 11) is 0. The van der Waals surface area contributed by atoms with E-state index in [2.05, 4.69) is 26.8 Å². The summed E-state index contributed by atoms with van der Waals surface area (Å²) in [5, 5.41) is 19.4. The third kappa shape index (κ3) is 2.11. The molecule has 1 aromatic carbocycles. The molecule has 0 saturated carbocycles. The van der Waals surface area contributed by atoms with E-state index in [1.165, 1.54) is 5.57 Å². The Balaban J connectivity index is 2.01. The van der Waals surface area contributed by atoms with Crippen LogP contribution in [0.25, 0.3) is 0 Å². The Hall–Kier alpha value is -1.32. The number of aliphatic hydroxyl groups excluding tert-OH is 1. The van der Waals surface area contributed by atoms with Gasteiger partial charge in [-0.1, -0.05) is 37.6 Å². The molecule has 1 aliphatic heterocycles. The first-order valence-electron chi connectivity index (χ1n) is 7.69. The minimum Gasteiger partial charge on any atom is -0.508 e. The van der Waals surface area contributed by atoms with E-state index in [9.17, 15) is 10.2 Å². The average molecular weight is 288 g/mol. The van der Waals surface area contributed by atoms with Crippen LogP contribution >= 0.6 is 0 Å². The second-order valence-corrected chi connectivity index (χ2v) is 6.73. The number of aliphatic hydroxyl groups is 1. The first kappa shape index (κ1) is 14.6. The topological polar surface area (TPSA) is 49.7 Å². The van der Waals surface area contributed by atoms with Crippen molar-refractivity contribution in [3.63, 3.8) is 0 Å². The van der Waals surface area contributed by atoms with Crippen molar-refractivity contribution in [3.8, 4) is 5.75 Å². The minimum atomic E-state index is -0.169. The monoisotopic (exact) mass is 288 g/mol. The number of ether oxygens (including phenoxy) is 1. The zero-order valence-electron chi connectivity index (χ0n) is 12.9. The molecule has 0 amide bonds. The SMILES string of the molecule is CC1=C[C@@H](C)[C@]2(CO)CO[C@@H](c3ccc(O)cc3)[C@@H]1[C@H]2C. The lowest BCUT2D eigenvalue weighted by Gasteiger charge is -2.55. The Morgan fingerprint density at radius 2 is 1.90 bits per heavy atom. The molecule has 3 heteroatoms. The van der Waals surface area contributed by atoms with Crippen molar-refractivity contribution in [3.05, 3.63) is 41.5 Å². The van der Waals surface area contributed by atoms with Crippen molar-refractivity contribution in [1.29, 1.82) is 0 Å². The standard InChI is InChI=1S/C18H24O3/c1-11-8-12(2)18(9-19)10-21-17(16(11)13(18)3)14-4-6-15(20)7-5-14/h4-8,12-13,16-17,19-20H,9-10H2,1-3H3/t12-,13-,16+,17+,18+/m1/s1. The molecule has 0 spiro atoms. The number of benzene rings is 1. The van der Waals surface area contributed by atoms with Gasteiger partial charge in [-0.2, -0.15) is 0 Å². The van der Waals surface area contributed by atoms with Gasteiger partial charge < -0.3 is 14.9 Å². The van der Waals surface area contributed by atoms with Gasteiger partial charge in [-0.25, -0.2) is 0 Å². The zero-order chi connectivity index (χ0) is 15.2. The smallest absolute Gasteiger partial charge is 0.115 e. The van der Waals surface area contributed by atoms with E-state index < -0.39 is 0 Å². The maximum atomic E-state index is 9.97. The number of phenols is 1. The maximum absolute atomic E-state index is 9.97. The number of hydrogen-bond donors (Lipinski definition) is 2. The van der Waals surface area contributed by atoms with Crippen molar-refractivity contribution < 1.29 is 14.9 Å². The summed E-state index contributed by atoms with van der Waals surface area (Å²) < 4.78 is 6.19. The molecule has 2 bridgehead atoms. The fourth-order valence-electron chi connectivity index (χ4n) is 4.25. The van der Waals surface area contributed by atoms with E-state index in [0.29, 0.717) is 18.4 Å². The molecule has 5 atom stereocenters. The molecular weight excluding hydrogens is 264 g/mol. The molecule has 1 saturated heterocycles. The molecule has 3 rings (SSSR count). The lowest BCUT2D eigenvalue weighted by molar-refractivity contribution is -0.165. The third-order valence-corrected chi connectivity index (χ3v) is 5.76. The molecule has 21 heavy (non-hydrogen) atoms. The molecule has 1 fully saturated rings. The summed E-state index contributed by atoms with van der Waals surface area (Å²) in [4.78, 5) is 0. The number of aromatic hydroxyl groups is 1. The molecule has 1 aromatic rings. The molecule has 0 unspecified atom stereocenters. The van der Waals surface area contributed by atoms with Gasteiger partial charge in [0, 0.05) is 11.3 Å². The number of rotatable bonds is 2. The molecule has 1 aliphatic carbocycles. The number of phenolic OH excluding ortho intramolecular Hbond substituents is 1. The molecule has 0 radical (unpaired) electrons. The highest BCUT2D eigenvalue weighted by molar-refractivity contribution is 5.31. The van der Waals surface area contributed by atoms with Gasteiger partial charge in [0.15, 0.2) is 0 Å². The van der Waals surface area contributed by atoms with Crippen LogP contribution in [0.15, 0.2) is 35.9 Å². The number of hydrogen-bond acceptors (Lipinski definition) is 3. The first-order valence-corrected chi connectivity index (χ1v) is 7.69. The average Bonchev–Trinajstić information content (AvgIpc) is 2.46. The summed E-state index contributed by atoms with van der Waals surface area (Å²) in [5.74, 6) is 1.26. The van der Waals surface area contributed by atoms with Gasteiger partial charge in [-0.3, -0.25) is 0 Å². The predicted molar refractivity (Wildman–Crippen MR) is 81.9 cm³/mol. The van der Waals surface area contributed by atoms with Crippen LogP contribution in [-0.2, 0) is 4.74 Å². The molecule has 114 valence electrons. The van der Waals surface area contributed by atoms with Crippen molar-refractivity contribution in [2.75, 3.05) is 13.2 Å². The van der Waals surface area contributed by atoms with E-state index in [0.717, 1.165) is 5.56 Å². The lowest BCUT2D eigenvalue weighted by Crippen LogP contribution is -2.53. The van der Waals surface area contributed by atoms with Gasteiger partial charge in [0.05, 0.1) is 19.3 Å². The largest absolute Gasteiger partial charge is 0.508 e. The highest BCUT2D eigenvalue weighted by atomic mass is 16.5. The van der Waals surface area contributed by atoms with Crippen LogP contribution < -0.4 is 0 Å². The Morgan fingerprint density at radius 3 is 2.52 bits per heavy atom. The van der Waals surface area contributed by atoms with E-state index in [1.807, 2.05) is 12.1 Å². The van der Waals surface area contributed by atoms with Gasteiger partial charge in [-0.05, 0) is 36.5 Å². The highest BCUT2D eigenvalue weighted by Crippen LogP contribution is 2.55. The second kappa shape index (κ2) is 5.15. The van der Waals surface area contributed by atoms with Crippen LogP contribution in [0.2, 0.25) is 0 Å². The highest BCUT2D eigenvalue weighted by Gasteiger charge is 2.53. The quantitative estimate of drug-likeness (QED) is 0.821. The zero-order valence-corrected chi connectivity index (χ0v) is 12.9. The summed E-state index contributed by atoms with van der Waals surface area (Å²) in [6.45, 7) is 7.33. The predicted octanol–water partition coefficient (Wildman–Crippen LogP) is 3.29. The summed E-state index contributed by atoms with van der Waals surface area (Å²) >= 11 is 0. The van der Waals surface area contributed by atoms with Gasteiger partial charge in [0.25, 0.3) is 0 Å². The van der Waals surface area contributed by atoms with Crippen molar-refractivity contribution in [1.82, 2.24) is 0 Å². The second-order valence-electron chi connectivity index (χ2n) is 6.73. The maximum Gasteiger partial charge on any atom is 0.115 e. The van der Waals surface area contributed by atoms with E-state index in [1.54, 1.807) is 12.1 Å². The van der Waals surface area contributed by atoms with Crippen molar-refractivity contribution in [2.45, 2.75) is 26.9 Å². The van der Waals surface area contributed by atoms with Crippen LogP contribution in [-0.4, -0.2) is 23.4 Å². The van der Waals surface area contributed by atoms with E-state index in [4.69, 9.17) is 4.74 Å². The van der Waals surface area contributed by atoms with E-state index >= 15 is 0 Å². The van der Waals surface area contributed by atoms with Crippen LogP contribution in [0.3, 0.4) is 0 Å². The fourth-order valence-corrected chi connectivity index (χ4v) is 4.25. The van der Waals surface area contributed by atoms with Crippen LogP contribution in [0, 0.1) is 23.2 Å². The summed E-state index contributed by atoms with van der Waals surface area (Å²) in [5.41, 5.74) is 2.27. The molecule has 2 N–H and O–H groups in total. The Bertz CT molecular complexity index is 548. The summed E-state index contributed by atoms with van der Waals surface area (Å²) in [6.07, 6.45) is 2.31. The van der Waals surface area contributed by atoms with Crippen LogP contribution in [0.1, 0.15) is 32.4 Å². The van der Waals surface area contributed by atoms with Gasteiger partial charge in [0.1, 0.15) is 5.75 Å². The molecule has 0 aromatic heterocycles. The molecule has 1 heterocycles. The summed E-state index contributed by atoms with van der Waals surface area (Å²) in [6, 6.07) is 7.29.